The summed E-state index contributed by atoms with van der Waals surface area (Å²) in [6.45, 7) is 15.2. The van der Waals surface area contributed by atoms with Crippen LogP contribution in [-0.2, 0) is 28.5 Å². The van der Waals surface area contributed by atoms with Gasteiger partial charge in [0.05, 0.1) is 49.7 Å². The van der Waals surface area contributed by atoms with Gasteiger partial charge in [0, 0.05) is 7.11 Å². The Balaban J connectivity index is 3.86. The van der Waals surface area contributed by atoms with E-state index in [4.69, 9.17) is 23.7 Å². The highest BCUT2D eigenvalue weighted by molar-refractivity contribution is 5.75. The molecule has 4 atom stereocenters. The van der Waals surface area contributed by atoms with Gasteiger partial charge < -0.3 is 23.7 Å². The monoisotopic (exact) mass is 362 g/mol. The van der Waals surface area contributed by atoms with Gasteiger partial charge in [-0.3, -0.25) is 4.79 Å². The first-order valence-electron chi connectivity index (χ1n) is 9.17. The highest BCUT2D eigenvalue weighted by Crippen LogP contribution is 2.21. The first kappa shape index (κ1) is 24.3. The van der Waals surface area contributed by atoms with Crippen LogP contribution >= 0.6 is 0 Å². The summed E-state index contributed by atoms with van der Waals surface area (Å²) >= 11 is 0. The molecule has 0 aliphatic heterocycles. The van der Waals surface area contributed by atoms with Gasteiger partial charge in [0.15, 0.2) is 0 Å². The summed E-state index contributed by atoms with van der Waals surface area (Å²) in [4.78, 5) is 11.9. The zero-order valence-corrected chi connectivity index (χ0v) is 17.3. The van der Waals surface area contributed by atoms with Crippen molar-refractivity contribution in [3.8, 4) is 0 Å². The molecule has 0 aromatic carbocycles. The van der Waals surface area contributed by atoms with Crippen LogP contribution in [0.25, 0.3) is 0 Å². The van der Waals surface area contributed by atoms with Crippen LogP contribution in [0.2, 0.25) is 0 Å². The van der Waals surface area contributed by atoms with E-state index in [0.29, 0.717) is 19.8 Å². The Morgan fingerprint density at radius 1 is 0.800 bits per heavy atom. The summed E-state index contributed by atoms with van der Waals surface area (Å²) in [5.74, 6) is -0.189. The molecule has 4 unspecified atom stereocenters. The molecule has 0 heterocycles. The standard InChI is InChI=1S/C19H38O6/c1-9-19(6,7)18(20)25-13-17(5)24-12-16(4)23-11-15(3)22-10-14(2)21-8/h14-17H,9-13H2,1-8H3. The van der Waals surface area contributed by atoms with Gasteiger partial charge in [0.2, 0.25) is 0 Å². The first-order chi connectivity index (χ1) is 11.6. The fourth-order valence-electron chi connectivity index (χ4n) is 1.64. The molecule has 0 aromatic heterocycles. The van der Waals surface area contributed by atoms with Gasteiger partial charge in [-0.05, 0) is 48.0 Å². The number of carbonyl (C=O) groups excluding carboxylic acids is 1. The average molecular weight is 363 g/mol. The molecule has 0 aliphatic rings. The summed E-state index contributed by atoms with van der Waals surface area (Å²) < 4.78 is 27.5. The number of rotatable bonds is 14. The summed E-state index contributed by atoms with van der Waals surface area (Å²) in [5.41, 5.74) is -0.452. The Morgan fingerprint density at radius 2 is 1.20 bits per heavy atom. The molecule has 6 nitrogen and oxygen atoms in total. The van der Waals surface area contributed by atoms with E-state index in [1.54, 1.807) is 7.11 Å². The summed E-state index contributed by atoms with van der Waals surface area (Å²) in [6.07, 6.45) is 0.587. The third-order valence-electron chi connectivity index (χ3n) is 4.13. The molecule has 0 spiro atoms. The molecular formula is C19H38O6. The summed E-state index contributed by atoms with van der Waals surface area (Å²) in [7, 11) is 1.66. The largest absolute Gasteiger partial charge is 0.463 e. The number of hydrogen-bond acceptors (Lipinski definition) is 6. The Morgan fingerprint density at radius 3 is 1.60 bits per heavy atom. The minimum Gasteiger partial charge on any atom is -0.463 e. The molecule has 25 heavy (non-hydrogen) atoms. The molecule has 0 N–H and O–H groups in total. The van der Waals surface area contributed by atoms with E-state index in [0.717, 1.165) is 6.42 Å². The molecule has 150 valence electrons. The first-order valence-corrected chi connectivity index (χ1v) is 9.17. The highest BCUT2D eigenvalue weighted by Gasteiger charge is 2.27. The van der Waals surface area contributed by atoms with E-state index in [1.165, 1.54) is 0 Å². The molecular weight excluding hydrogens is 324 g/mol. The average Bonchev–Trinajstić information content (AvgIpc) is 2.60. The van der Waals surface area contributed by atoms with Crippen molar-refractivity contribution in [3.05, 3.63) is 0 Å². The van der Waals surface area contributed by atoms with E-state index in [1.807, 2.05) is 48.5 Å². The zero-order valence-electron chi connectivity index (χ0n) is 17.3. The van der Waals surface area contributed by atoms with Crippen LogP contribution < -0.4 is 0 Å². The predicted molar refractivity (Wildman–Crippen MR) is 97.7 cm³/mol. The van der Waals surface area contributed by atoms with Crippen molar-refractivity contribution >= 4 is 5.97 Å². The summed E-state index contributed by atoms with van der Waals surface area (Å²) in [5, 5.41) is 0. The Kier molecular flexibility index (Phi) is 12.3. The lowest BCUT2D eigenvalue weighted by atomic mass is 9.91. The lowest BCUT2D eigenvalue weighted by Crippen LogP contribution is -2.31. The van der Waals surface area contributed by atoms with Gasteiger partial charge >= 0.3 is 5.97 Å². The second-order valence-electron chi connectivity index (χ2n) is 7.31. The van der Waals surface area contributed by atoms with Crippen LogP contribution in [0.15, 0.2) is 0 Å². The molecule has 0 bridgehead atoms. The van der Waals surface area contributed by atoms with Crippen LogP contribution in [0.1, 0.15) is 54.9 Å². The molecule has 0 saturated heterocycles. The number of hydrogen-bond donors (Lipinski definition) is 0. The lowest BCUT2D eigenvalue weighted by Gasteiger charge is -2.23. The minimum absolute atomic E-state index is 0.00490. The topological polar surface area (TPSA) is 63.2 Å². The van der Waals surface area contributed by atoms with Crippen molar-refractivity contribution in [3.63, 3.8) is 0 Å². The van der Waals surface area contributed by atoms with Gasteiger partial charge in [-0.2, -0.15) is 0 Å². The van der Waals surface area contributed by atoms with Gasteiger partial charge in [-0.15, -0.1) is 0 Å². The van der Waals surface area contributed by atoms with Crippen molar-refractivity contribution in [2.75, 3.05) is 33.5 Å². The molecule has 0 rings (SSSR count). The van der Waals surface area contributed by atoms with Crippen LogP contribution in [0.4, 0.5) is 0 Å². The third-order valence-corrected chi connectivity index (χ3v) is 4.13. The van der Waals surface area contributed by atoms with E-state index < -0.39 is 5.41 Å². The number of ether oxygens (including phenoxy) is 5. The van der Waals surface area contributed by atoms with Crippen molar-refractivity contribution in [2.45, 2.75) is 79.3 Å². The lowest BCUT2D eigenvalue weighted by molar-refractivity contribution is -0.159. The van der Waals surface area contributed by atoms with Crippen molar-refractivity contribution in [1.82, 2.24) is 0 Å². The third kappa shape index (κ3) is 11.5. The molecule has 0 saturated carbocycles. The number of carbonyl (C=O) groups is 1. The van der Waals surface area contributed by atoms with Gasteiger partial charge in [0.1, 0.15) is 6.61 Å². The Bertz CT molecular complexity index is 358. The zero-order chi connectivity index (χ0) is 19.5. The van der Waals surface area contributed by atoms with Crippen LogP contribution in [-0.4, -0.2) is 63.9 Å². The van der Waals surface area contributed by atoms with Crippen molar-refractivity contribution < 1.29 is 28.5 Å². The van der Waals surface area contributed by atoms with E-state index >= 15 is 0 Å². The second kappa shape index (κ2) is 12.6. The number of esters is 1. The predicted octanol–water partition coefficient (Wildman–Crippen LogP) is 3.22. The van der Waals surface area contributed by atoms with Gasteiger partial charge in [-0.25, -0.2) is 0 Å². The highest BCUT2D eigenvalue weighted by atomic mass is 16.6. The van der Waals surface area contributed by atoms with Gasteiger partial charge in [-0.1, -0.05) is 6.92 Å². The SMILES string of the molecule is CCC(C)(C)C(=O)OCC(C)OCC(C)OCC(C)OCC(C)OC. The maximum Gasteiger partial charge on any atom is 0.311 e. The molecule has 0 aromatic rings. The molecule has 0 amide bonds. The van der Waals surface area contributed by atoms with Crippen LogP contribution in [0.3, 0.4) is 0 Å². The molecule has 0 radical (unpaired) electrons. The van der Waals surface area contributed by atoms with Gasteiger partial charge in [0.25, 0.3) is 0 Å². The molecule has 0 aliphatic carbocycles. The second-order valence-corrected chi connectivity index (χ2v) is 7.31. The number of methoxy groups -OCH3 is 1. The smallest absolute Gasteiger partial charge is 0.311 e. The maximum absolute atomic E-state index is 11.9. The molecule has 6 heteroatoms. The normalized spacial score (nSPS) is 17.0. The van der Waals surface area contributed by atoms with Crippen LogP contribution in [0, 0.1) is 5.41 Å². The summed E-state index contributed by atoms with van der Waals surface area (Å²) in [6, 6.07) is 0. The van der Waals surface area contributed by atoms with Crippen molar-refractivity contribution in [2.24, 2.45) is 5.41 Å². The maximum atomic E-state index is 11.9. The Labute approximate surface area is 153 Å². The molecule has 0 fully saturated rings. The van der Waals surface area contributed by atoms with E-state index in [9.17, 15) is 4.79 Å². The van der Waals surface area contributed by atoms with Crippen molar-refractivity contribution in [1.29, 1.82) is 0 Å². The minimum atomic E-state index is -0.452. The quantitative estimate of drug-likeness (QED) is 0.442. The van der Waals surface area contributed by atoms with Crippen LogP contribution in [0.5, 0.6) is 0 Å². The fourth-order valence-corrected chi connectivity index (χ4v) is 1.64. The van der Waals surface area contributed by atoms with E-state index in [-0.39, 0.29) is 37.0 Å². The fraction of sp³-hybridized carbons (Fsp3) is 0.947. The Hall–Kier alpha value is -0.690. The van der Waals surface area contributed by atoms with E-state index in [2.05, 4.69) is 0 Å².